The summed E-state index contributed by atoms with van der Waals surface area (Å²) in [6.45, 7) is 2.71. The molecule has 1 heterocycles. The van der Waals surface area contributed by atoms with Gasteiger partial charge in [-0.05, 0) is 42.5 Å². The third-order valence-corrected chi connectivity index (χ3v) is 4.87. The van der Waals surface area contributed by atoms with Crippen LogP contribution in [-0.4, -0.2) is 49.7 Å². The maximum atomic E-state index is 12.1. The van der Waals surface area contributed by atoms with Gasteiger partial charge >= 0.3 is 5.69 Å². The van der Waals surface area contributed by atoms with Gasteiger partial charge in [0.25, 0.3) is 0 Å². The molecule has 0 amide bonds. The molecule has 150 valence electrons. The Morgan fingerprint density at radius 2 is 1.61 bits per heavy atom. The zero-order valence-electron chi connectivity index (χ0n) is 16.9. The molecule has 0 saturated heterocycles. The van der Waals surface area contributed by atoms with E-state index >= 15 is 0 Å². The van der Waals surface area contributed by atoms with Crippen molar-refractivity contribution < 1.29 is 9.47 Å². The van der Waals surface area contributed by atoms with Gasteiger partial charge in [0.1, 0.15) is 0 Å². The fourth-order valence-electron chi connectivity index (χ4n) is 3.13. The summed E-state index contributed by atoms with van der Waals surface area (Å²) in [5, 5.41) is 3.40. The molecule has 7 heteroatoms. The van der Waals surface area contributed by atoms with Crippen molar-refractivity contribution in [1.82, 2.24) is 9.13 Å². The van der Waals surface area contributed by atoms with E-state index in [2.05, 4.69) is 22.3 Å². The summed E-state index contributed by atoms with van der Waals surface area (Å²) in [7, 11) is 7.30. The number of imidazole rings is 1. The van der Waals surface area contributed by atoms with Crippen molar-refractivity contribution in [2.75, 3.05) is 50.7 Å². The normalized spacial score (nSPS) is 11.1. The van der Waals surface area contributed by atoms with Gasteiger partial charge in [0.2, 0.25) is 0 Å². The van der Waals surface area contributed by atoms with E-state index in [0.29, 0.717) is 19.8 Å². The number of hydrogen-bond donors (Lipinski definition) is 1. The number of anilines is 3. The zero-order valence-corrected chi connectivity index (χ0v) is 16.9. The minimum Gasteiger partial charge on any atom is -0.382 e. The smallest absolute Gasteiger partial charge is 0.328 e. The number of methoxy groups -OCH3 is 1. The van der Waals surface area contributed by atoms with Crippen molar-refractivity contribution in [1.29, 1.82) is 0 Å². The van der Waals surface area contributed by atoms with E-state index in [9.17, 15) is 4.79 Å². The molecule has 0 radical (unpaired) electrons. The molecule has 0 atom stereocenters. The Labute approximate surface area is 165 Å². The van der Waals surface area contributed by atoms with Crippen molar-refractivity contribution in [2.24, 2.45) is 14.1 Å². The summed E-state index contributed by atoms with van der Waals surface area (Å²) < 4.78 is 13.8. The highest BCUT2D eigenvalue weighted by molar-refractivity contribution is 5.81. The van der Waals surface area contributed by atoms with Crippen molar-refractivity contribution >= 4 is 28.1 Å². The number of nitrogens with zero attached hydrogens (tertiary/aromatic N) is 3. The second kappa shape index (κ2) is 8.95. The summed E-state index contributed by atoms with van der Waals surface area (Å²) in [4.78, 5) is 14.2. The average molecular weight is 384 g/mol. The Kier molecular flexibility index (Phi) is 6.38. The molecular formula is C21H28N4O3. The first-order valence-electron chi connectivity index (χ1n) is 9.31. The van der Waals surface area contributed by atoms with Crippen LogP contribution in [0.2, 0.25) is 0 Å². The largest absolute Gasteiger partial charge is 0.382 e. The molecule has 7 nitrogen and oxygen atoms in total. The van der Waals surface area contributed by atoms with Crippen molar-refractivity contribution in [3.05, 3.63) is 52.9 Å². The molecule has 0 aliphatic rings. The molecule has 0 bridgehead atoms. The van der Waals surface area contributed by atoms with E-state index in [1.165, 1.54) is 0 Å². The summed E-state index contributed by atoms with van der Waals surface area (Å²) >= 11 is 0. The number of aryl methyl sites for hydroxylation is 2. The second-order valence-corrected chi connectivity index (χ2v) is 6.80. The molecule has 3 rings (SSSR count). The van der Waals surface area contributed by atoms with Crippen LogP contribution in [0.25, 0.3) is 11.0 Å². The number of nitrogens with one attached hydrogen (secondary N) is 1. The second-order valence-electron chi connectivity index (χ2n) is 6.80. The minimum absolute atomic E-state index is 0.0225. The molecular weight excluding hydrogens is 356 g/mol. The summed E-state index contributed by atoms with van der Waals surface area (Å²) in [6, 6.07) is 14.2. The van der Waals surface area contributed by atoms with Gasteiger partial charge in [0.15, 0.2) is 0 Å². The average Bonchev–Trinajstić information content (AvgIpc) is 2.92. The first-order valence-corrected chi connectivity index (χ1v) is 9.31. The Morgan fingerprint density at radius 1 is 0.929 bits per heavy atom. The third-order valence-electron chi connectivity index (χ3n) is 4.87. The number of likely N-dealkylation sites (N-methyl/N-ethyl adjacent to an activating group) is 1. The predicted molar refractivity (Wildman–Crippen MR) is 114 cm³/mol. The monoisotopic (exact) mass is 384 g/mol. The highest BCUT2D eigenvalue weighted by atomic mass is 16.5. The van der Waals surface area contributed by atoms with Crippen LogP contribution in [0.3, 0.4) is 0 Å². The first kappa shape index (κ1) is 20.0. The maximum absolute atomic E-state index is 12.1. The van der Waals surface area contributed by atoms with Crippen LogP contribution in [0.5, 0.6) is 0 Å². The number of rotatable bonds is 9. The molecule has 0 aliphatic heterocycles. The molecule has 0 fully saturated rings. The lowest BCUT2D eigenvalue weighted by Crippen LogP contribution is -2.23. The molecule has 1 N–H and O–H groups in total. The third kappa shape index (κ3) is 4.37. The molecule has 0 spiro atoms. The molecule has 0 aliphatic carbocycles. The van der Waals surface area contributed by atoms with Gasteiger partial charge in [-0.2, -0.15) is 0 Å². The van der Waals surface area contributed by atoms with E-state index in [0.717, 1.165) is 34.6 Å². The standard InChI is InChI=1S/C21H28N4O3/c1-23(11-12-28-14-13-27-4)18-8-5-16(6-9-18)22-17-7-10-19-20(15-17)25(3)21(26)24(19)2/h5-10,15,22H,11-14H2,1-4H3. The van der Waals surface area contributed by atoms with Crippen LogP contribution in [0.15, 0.2) is 47.3 Å². The fourth-order valence-corrected chi connectivity index (χ4v) is 3.13. The van der Waals surface area contributed by atoms with Gasteiger partial charge in [0, 0.05) is 51.9 Å². The molecule has 2 aromatic carbocycles. The lowest BCUT2D eigenvalue weighted by atomic mass is 10.2. The van der Waals surface area contributed by atoms with Crippen LogP contribution in [-0.2, 0) is 23.6 Å². The van der Waals surface area contributed by atoms with E-state index in [4.69, 9.17) is 9.47 Å². The van der Waals surface area contributed by atoms with Crippen LogP contribution in [0, 0.1) is 0 Å². The van der Waals surface area contributed by atoms with Gasteiger partial charge in [-0.15, -0.1) is 0 Å². The van der Waals surface area contributed by atoms with Gasteiger partial charge in [0.05, 0.1) is 30.9 Å². The highest BCUT2D eigenvalue weighted by Gasteiger charge is 2.08. The number of hydrogen-bond acceptors (Lipinski definition) is 5. The van der Waals surface area contributed by atoms with Gasteiger partial charge < -0.3 is 19.7 Å². The Bertz CT molecular complexity index is 976. The molecule has 0 unspecified atom stereocenters. The van der Waals surface area contributed by atoms with Crippen molar-refractivity contribution in [3.8, 4) is 0 Å². The number of aromatic nitrogens is 2. The SMILES string of the molecule is COCCOCCN(C)c1ccc(Nc2ccc3c(c2)n(C)c(=O)n3C)cc1. The van der Waals surface area contributed by atoms with Crippen LogP contribution in [0.4, 0.5) is 17.1 Å². The Balaban J connectivity index is 1.63. The molecule has 28 heavy (non-hydrogen) atoms. The molecule has 0 saturated carbocycles. The van der Waals surface area contributed by atoms with Gasteiger partial charge in [-0.25, -0.2) is 4.79 Å². The summed E-state index contributed by atoms with van der Waals surface area (Å²) in [5.41, 5.74) is 4.87. The minimum atomic E-state index is -0.0225. The van der Waals surface area contributed by atoms with E-state index in [-0.39, 0.29) is 5.69 Å². The van der Waals surface area contributed by atoms with Crippen LogP contribution >= 0.6 is 0 Å². The lowest BCUT2D eigenvalue weighted by molar-refractivity contribution is 0.0744. The van der Waals surface area contributed by atoms with E-state index in [1.807, 2.05) is 37.4 Å². The topological polar surface area (TPSA) is 60.7 Å². The quantitative estimate of drug-likeness (QED) is 0.575. The first-order chi connectivity index (χ1) is 13.5. The van der Waals surface area contributed by atoms with Gasteiger partial charge in [-0.1, -0.05) is 0 Å². The number of ether oxygens (including phenoxy) is 2. The zero-order chi connectivity index (χ0) is 20.1. The lowest BCUT2D eigenvalue weighted by Gasteiger charge is -2.19. The van der Waals surface area contributed by atoms with Crippen LogP contribution < -0.4 is 15.9 Å². The highest BCUT2D eigenvalue weighted by Crippen LogP contribution is 2.23. The van der Waals surface area contributed by atoms with Gasteiger partial charge in [-0.3, -0.25) is 9.13 Å². The number of benzene rings is 2. The van der Waals surface area contributed by atoms with Crippen LogP contribution in [0.1, 0.15) is 0 Å². The van der Waals surface area contributed by atoms with Crippen molar-refractivity contribution in [3.63, 3.8) is 0 Å². The number of fused-ring (bicyclic) bond motifs is 1. The summed E-state index contributed by atoms with van der Waals surface area (Å²) in [6.07, 6.45) is 0. The predicted octanol–water partition coefficient (Wildman–Crippen LogP) is 2.72. The van der Waals surface area contributed by atoms with Crippen molar-refractivity contribution in [2.45, 2.75) is 0 Å². The molecule has 3 aromatic rings. The maximum Gasteiger partial charge on any atom is 0.328 e. The summed E-state index contributed by atoms with van der Waals surface area (Å²) in [5.74, 6) is 0. The Hall–Kier alpha value is -2.77. The fraction of sp³-hybridized carbons (Fsp3) is 0.381. The molecule has 1 aromatic heterocycles. The van der Waals surface area contributed by atoms with E-state index in [1.54, 1.807) is 30.3 Å². The van der Waals surface area contributed by atoms with E-state index < -0.39 is 0 Å². The Morgan fingerprint density at radius 3 is 2.32 bits per heavy atom.